The number of halogens is 2. The molecule has 0 spiro atoms. The Labute approximate surface area is 165 Å². The van der Waals surface area contributed by atoms with Gasteiger partial charge in [-0.15, -0.1) is 0 Å². The van der Waals surface area contributed by atoms with E-state index in [2.05, 4.69) is 30.2 Å². The van der Waals surface area contributed by atoms with E-state index in [-0.39, 0.29) is 18.8 Å². The lowest BCUT2D eigenvalue weighted by Crippen LogP contribution is -2.28. The Bertz CT molecular complexity index is 1160. The molecule has 6 nitrogen and oxygen atoms in total. The predicted molar refractivity (Wildman–Crippen MR) is 108 cm³/mol. The van der Waals surface area contributed by atoms with Gasteiger partial charge in [0.15, 0.2) is 0 Å². The van der Waals surface area contributed by atoms with Crippen LogP contribution in [0.25, 0.3) is 33.2 Å². The molecule has 0 radical (unpaired) electrons. The van der Waals surface area contributed by atoms with Crippen LogP contribution in [0.2, 0.25) is 0 Å². The Morgan fingerprint density at radius 1 is 1.07 bits per heavy atom. The first-order chi connectivity index (χ1) is 14.1. The van der Waals surface area contributed by atoms with Gasteiger partial charge in [0.25, 0.3) is 0 Å². The number of aromatic nitrogens is 5. The first-order valence-electron chi connectivity index (χ1n) is 9.74. The highest BCUT2D eigenvalue weighted by Gasteiger charge is 2.34. The van der Waals surface area contributed by atoms with Crippen LogP contribution in [0.4, 0.5) is 14.7 Å². The molecule has 148 valence electrons. The highest BCUT2D eigenvalue weighted by Crippen LogP contribution is 2.36. The van der Waals surface area contributed by atoms with Gasteiger partial charge in [0.05, 0.1) is 11.0 Å². The maximum Gasteiger partial charge on any atom is 0.248 e. The van der Waals surface area contributed by atoms with Crippen LogP contribution in [0.5, 0.6) is 0 Å². The third-order valence-corrected chi connectivity index (χ3v) is 5.60. The molecular formula is C21H20F2N6. The van der Waals surface area contributed by atoms with Crippen molar-refractivity contribution in [1.82, 2.24) is 24.9 Å². The van der Waals surface area contributed by atoms with E-state index in [4.69, 9.17) is 0 Å². The number of rotatable bonds is 4. The summed E-state index contributed by atoms with van der Waals surface area (Å²) in [4.78, 5) is 20.8. The maximum atomic E-state index is 13.3. The first-order valence-corrected chi connectivity index (χ1v) is 9.74. The number of hydrogen-bond donors (Lipinski definition) is 2. The van der Waals surface area contributed by atoms with Crippen molar-refractivity contribution in [3.63, 3.8) is 0 Å². The van der Waals surface area contributed by atoms with Crippen LogP contribution in [0.15, 0.2) is 43.0 Å². The van der Waals surface area contributed by atoms with Crippen LogP contribution in [-0.2, 0) is 0 Å². The lowest BCUT2D eigenvalue weighted by atomic mass is 9.87. The van der Waals surface area contributed by atoms with Gasteiger partial charge in [-0.2, -0.15) is 4.98 Å². The zero-order valence-electron chi connectivity index (χ0n) is 15.7. The second kappa shape index (κ2) is 7.02. The van der Waals surface area contributed by atoms with Crippen molar-refractivity contribution in [2.24, 2.45) is 5.92 Å². The van der Waals surface area contributed by atoms with Gasteiger partial charge in [-0.25, -0.2) is 13.8 Å². The Balaban J connectivity index is 1.34. The van der Waals surface area contributed by atoms with E-state index in [9.17, 15) is 8.78 Å². The fourth-order valence-corrected chi connectivity index (χ4v) is 3.90. The molecule has 0 amide bonds. The number of H-pyrrole nitrogens is 1. The van der Waals surface area contributed by atoms with E-state index in [1.165, 1.54) is 0 Å². The summed E-state index contributed by atoms with van der Waals surface area (Å²) >= 11 is 0. The molecule has 4 aromatic rings. The number of alkyl halides is 2. The van der Waals surface area contributed by atoms with Crippen molar-refractivity contribution in [2.75, 3.05) is 11.9 Å². The number of nitrogens with zero attached hydrogens (tertiary/aromatic N) is 4. The summed E-state index contributed by atoms with van der Waals surface area (Å²) in [7, 11) is 0. The zero-order valence-corrected chi connectivity index (χ0v) is 15.7. The first kappa shape index (κ1) is 17.9. The van der Waals surface area contributed by atoms with E-state index >= 15 is 0 Å². The second-order valence-electron chi connectivity index (χ2n) is 7.60. The molecule has 1 aliphatic carbocycles. The van der Waals surface area contributed by atoms with Crippen molar-refractivity contribution in [3.05, 3.63) is 43.0 Å². The number of benzene rings is 1. The SMILES string of the molecule is FC1(F)CCC(CNc2ncc3c(-c4ccc5nccnc5c4)c[nH]c3n2)CC1. The normalized spacial score (nSPS) is 17.0. The van der Waals surface area contributed by atoms with Crippen LogP contribution in [0.3, 0.4) is 0 Å². The number of fused-ring (bicyclic) bond motifs is 2. The molecule has 3 aromatic heterocycles. The molecule has 1 aliphatic rings. The monoisotopic (exact) mass is 394 g/mol. The molecule has 29 heavy (non-hydrogen) atoms. The second-order valence-corrected chi connectivity index (χ2v) is 7.60. The van der Waals surface area contributed by atoms with Crippen LogP contribution >= 0.6 is 0 Å². The van der Waals surface area contributed by atoms with Crippen LogP contribution in [-0.4, -0.2) is 37.4 Å². The summed E-state index contributed by atoms with van der Waals surface area (Å²) in [6.07, 6.45) is 8.03. The number of hydrogen-bond acceptors (Lipinski definition) is 5. The smallest absolute Gasteiger partial charge is 0.248 e. The highest BCUT2D eigenvalue weighted by atomic mass is 19.3. The van der Waals surface area contributed by atoms with Crippen LogP contribution in [0, 0.1) is 5.92 Å². The highest BCUT2D eigenvalue weighted by molar-refractivity contribution is 5.95. The van der Waals surface area contributed by atoms with E-state index in [0.29, 0.717) is 25.3 Å². The molecule has 0 atom stereocenters. The summed E-state index contributed by atoms with van der Waals surface area (Å²) in [6, 6.07) is 5.95. The van der Waals surface area contributed by atoms with Gasteiger partial charge in [0.2, 0.25) is 11.9 Å². The fourth-order valence-electron chi connectivity index (χ4n) is 3.90. The Morgan fingerprint density at radius 2 is 1.86 bits per heavy atom. The topological polar surface area (TPSA) is 79.4 Å². The molecule has 0 aliphatic heterocycles. The van der Waals surface area contributed by atoms with Gasteiger partial charge < -0.3 is 10.3 Å². The Hall–Kier alpha value is -3.16. The van der Waals surface area contributed by atoms with Crippen LogP contribution in [0.1, 0.15) is 25.7 Å². The minimum absolute atomic E-state index is 0.0324. The van der Waals surface area contributed by atoms with E-state index < -0.39 is 5.92 Å². The molecule has 1 aromatic carbocycles. The van der Waals surface area contributed by atoms with Crippen molar-refractivity contribution in [2.45, 2.75) is 31.6 Å². The van der Waals surface area contributed by atoms with Gasteiger partial charge in [0.1, 0.15) is 5.65 Å². The van der Waals surface area contributed by atoms with Crippen molar-refractivity contribution < 1.29 is 8.78 Å². The summed E-state index contributed by atoms with van der Waals surface area (Å²) in [5.41, 5.74) is 4.41. The van der Waals surface area contributed by atoms with E-state index in [0.717, 1.165) is 33.2 Å². The quantitative estimate of drug-likeness (QED) is 0.519. The van der Waals surface area contributed by atoms with Crippen LogP contribution < -0.4 is 5.32 Å². The molecule has 0 bridgehead atoms. The standard InChI is InChI=1S/C21H20F2N6/c22-21(23)5-3-13(4-6-21)10-27-20-28-12-16-15(11-26-19(16)29-20)14-1-2-17-18(9-14)25-8-7-24-17/h1-2,7-9,11-13H,3-6,10H2,(H2,26,27,28,29). The molecule has 1 fully saturated rings. The van der Waals surface area contributed by atoms with Gasteiger partial charge in [-0.3, -0.25) is 9.97 Å². The average molecular weight is 394 g/mol. The predicted octanol–water partition coefficient (Wildman–Crippen LogP) is 4.81. The minimum atomic E-state index is -2.50. The lowest BCUT2D eigenvalue weighted by molar-refractivity contribution is -0.0443. The summed E-state index contributed by atoms with van der Waals surface area (Å²) in [5, 5.41) is 4.11. The molecule has 8 heteroatoms. The van der Waals surface area contributed by atoms with Crippen molar-refractivity contribution >= 4 is 28.0 Å². The molecule has 3 heterocycles. The minimum Gasteiger partial charge on any atom is -0.354 e. The van der Waals surface area contributed by atoms with E-state index in [1.54, 1.807) is 18.6 Å². The Kier molecular flexibility index (Phi) is 4.34. The zero-order chi connectivity index (χ0) is 19.8. The number of nitrogens with one attached hydrogen (secondary N) is 2. The van der Waals surface area contributed by atoms with Gasteiger partial charge >= 0.3 is 0 Å². The number of aromatic amines is 1. The summed E-state index contributed by atoms with van der Waals surface area (Å²) in [5.74, 6) is -1.76. The molecule has 1 saturated carbocycles. The lowest BCUT2D eigenvalue weighted by Gasteiger charge is -2.28. The third kappa shape index (κ3) is 3.62. The van der Waals surface area contributed by atoms with Crippen molar-refractivity contribution in [3.8, 4) is 11.1 Å². The average Bonchev–Trinajstić information content (AvgIpc) is 3.16. The Morgan fingerprint density at radius 3 is 2.69 bits per heavy atom. The molecular weight excluding hydrogens is 374 g/mol. The fraction of sp³-hybridized carbons (Fsp3) is 0.333. The van der Waals surface area contributed by atoms with E-state index in [1.807, 2.05) is 24.4 Å². The van der Waals surface area contributed by atoms with Crippen molar-refractivity contribution in [1.29, 1.82) is 0 Å². The summed E-state index contributed by atoms with van der Waals surface area (Å²) < 4.78 is 26.6. The van der Waals surface area contributed by atoms with Gasteiger partial charge in [0, 0.05) is 55.1 Å². The maximum absolute atomic E-state index is 13.3. The third-order valence-electron chi connectivity index (χ3n) is 5.60. The molecule has 0 saturated heterocycles. The molecule has 2 N–H and O–H groups in total. The molecule has 5 rings (SSSR count). The summed E-state index contributed by atoms with van der Waals surface area (Å²) in [6.45, 7) is 0.610. The largest absolute Gasteiger partial charge is 0.354 e. The van der Waals surface area contributed by atoms with Gasteiger partial charge in [-0.1, -0.05) is 6.07 Å². The molecule has 0 unspecified atom stereocenters. The number of anilines is 1. The van der Waals surface area contributed by atoms with Gasteiger partial charge in [-0.05, 0) is 36.5 Å².